The minimum absolute atomic E-state index is 0.223. The molecule has 2 fully saturated rings. The van der Waals surface area contributed by atoms with E-state index in [-0.39, 0.29) is 6.04 Å². The van der Waals surface area contributed by atoms with Crippen LogP contribution in [0.1, 0.15) is 44.0 Å². The minimum Gasteiger partial charge on any atom is -0.472 e. The maximum absolute atomic E-state index is 5.41. The van der Waals surface area contributed by atoms with E-state index in [0.29, 0.717) is 17.8 Å². The minimum atomic E-state index is 0.223. The summed E-state index contributed by atoms with van der Waals surface area (Å²) >= 11 is 0. The van der Waals surface area contributed by atoms with E-state index in [4.69, 9.17) is 8.94 Å². The van der Waals surface area contributed by atoms with E-state index in [1.54, 1.807) is 12.5 Å². The molecule has 0 spiro atoms. The zero-order valence-electron chi connectivity index (χ0n) is 10.7. The normalized spacial score (nSPS) is 30.4. The van der Waals surface area contributed by atoms with Crippen molar-refractivity contribution in [1.82, 2.24) is 15.5 Å². The number of hydrogen-bond acceptors (Lipinski definition) is 5. The average Bonchev–Trinajstić information content (AvgIpc) is 3.17. The Kier molecular flexibility index (Phi) is 2.65. The van der Waals surface area contributed by atoms with Crippen LogP contribution < -0.4 is 5.32 Å². The van der Waals surface area contributed by atoms with Crippen molar-refractivity contribution in [2.45, 2.75) is 44.2 Å². The Morgan fingerprint density at radius 3 is 3.05 bits per heavy atom. The van der Waals surface area contributed by atoms with Gasteiger partial charge in [-0.25, -0.2) is 0 Å². The van der Waals surface area contributed by atoms with Gasteiger partial charge in [0.15, 0.2) is 0 Å². The first-order valence-electron chi connectivity index (χ1n) is 7.02. The van der Waals surface area contributed by atoms with Crippen molar-refractivity contribution in [2.24, 2.45) is 5.92 Å². The van der Waals surface area contributed by atoms with Crippen molar-refractivity contribution < 1.29 is 8.94 Å². The highest BCUT2D eigenvalue weighted by molar-refractivity contribution is 5.51. The van der Waals surface area contributed by atoms with Gasteiger partial charge in [0.25, 0.3) is 0 Å². The zero-order valence-corrected chi connectivity index (χ0v) is 10.7. The molecule has 1 saturated carbocycles. The first-order chi connectivity index (χ1) is 9.40. The van der Waals surface area contributed by atoms with E-state index >= 15 is 0 Å². The second-order valence-corrected chi connectivity index (χ2v) is 5.57. The molecule has 1 N–H and O–H groups in total. The molecule has 2 aliphatic rings. The van der Waals surface area contributed by atoms with Gasteiger partial charge in [0.05, 0.1) is 17.9 Å². The number of hydrogen-bond donors (Lipinski definition) is 1. The molecule has 100 valence electrons. The molecule has 1 aliphatic carbocycles. The topological polar surface area (TPSA) is 64.1 Å². The Hall–Kier alpha value is -1.62. The number of aromatic nitrogens is 2. The lowest BCUT2D eigenvalue weighted by atomic mass is 9.85. The molecule has 1 saturated heterocycles. The van der Waals surface area contributed by atoms with Crippen LogP contribution in [0.3, 0.4) is 0 Å². The molecule has 0 amide bonds. The van der Waals surface area contributed by atoms with Gasteiger partial charge in [-0.05, 0) is 31.2 Å². The Bertz CT molecular complexity index is 535. The summed E-state index contributed by atoms with van der Waals surface area (Å²) in [6.07, 6.45) is 9.69. The van der Waals surface area contributed by atoms with Crippen LogP contribution in [0.25, 0.3) is 11.4 Å². The molecule has 0 bridgehead atoms. The van der Waals surface area contributed by atoms with Gasteiger partial charge >= 0.3 is 0 Å². The summed E-state index contributed by atoms with van der Waals surface area (Å²) in [5.74, 6) is 2.11. The Morgan fingerprint density at radius 1 is 1.26 bits per heavy atom. The molecule has 2 aromatic heterocycles. The SMILES string of the molecule is c1cc(-c2noc(C3CC4CCCCC4N3)n2)co1. The summed E-state index contributed by atoms with van der Waals surface area (Å²) in [5.41, 5.74) is 0.866. The third-order valence-corrected chi connectivity index (χ3v) is 4.38. The fraction of sp³-hybridized carbons (Fsp3) is 0.571. The zero-order chi connectivity index (χ0) is 12.7. The van der Waals surface area contributed by atoms with Gasteiger partial charge in [-0.15, -0.1) is 0 Å². The van der Waals surface area contributed by atoms with Crippen LogP contribution in [0.2, 0.25) is 0 Å². The van der Waals surface area contributed by atoms with E-state index in [1.807, 2.05) is 6.07 Å². The molecule has 2 aromatic rings. The standard InChI is InChI=1S/C14H17N3O2/c1-2-4-11-9(3-1)7-12(15-11)14-16-13(17-19-14)10-5-6-18-8-10/h5-6,8-9,11-12,15H,1-4,7H2. The van der Waals surface area contributed by atoms with Crippen molar-refractivity contribution in [3.05, 3.63) is 24.5 Å². The molecule has 5 heteroatoms. The summed E-state index contributed by atoms with van der Waals surface area (Å²) in [6, 6.07) is 2.71. The van der Waals surface area contributed by atoms with Gasteiger partial charge in [-0.3, -0.25) is 0 Å². The molecule has 0 aromatic carbocycles. The Balaban J connectivity index is 1.54. The summed E-state index contributed by atoms with van der Waals surface area (Å²) in [6.45, 7) is 0. The Morgan fingerprint density at radius 2 is 2.21 bits per heavy atom. The second kappa shape index (κ2) is 4.49. The van der Waals surface area contributed by atoms with Gasteiger partial charge in [0.2, 0.25) is 11.7 Å². The molecule has 5 nitrogen and oxygen atoms in total. The number of nitrogens with zero attached hydrogens (tertiary/aromatic N) is 2. The summed E-state index contributed by atoms with van der Waals surface area (Å²) in [7, 11) is 0. The number of nitrogens with one attached hydrogen (secondary N) is 1. The summed E-state index contributed by atoms with van der Waals surface area (Å²) in [5, 5.41) is 7.68. The largest absolute Gasteiger partial charge is 0.472 e. The van der Waals surface area contributed by atoms with Crippen molar-refractivity contribution >= 4 is 0 Å². The van der Waals surface area contributed by atoms with Gasteiger partial charge in [0.1, 0.15) is 6.26 Å². The molecular formula is C14H17N3O2. The fourth-order valence-corrected chi connectivity index (χ4v) is 3.40. The van der Waals surface area contributed by atoms with Gasteiger partial charge in [-0.2, -0.15) is 4.98 Å². The summed E-state index contributed by atoms with van der Waals surface area (Å²) < 4.78 is 10.5. The third-order valence-electron chi connectivity index (χ3n) is 4.38. The van der Waals surface area contributed by atoms with Crippen molar-refractivity contribution in [3.8, 4) is 11.4 Å². The highest BCUT2D eigenvalue weighted by Crippen LogP contribution is 2.38. The predicted molar refractivity (Wildman–Crippen MR) is 68.2 cm³/mol. The fourth-order valence-electron chi connectivity index (χ4n) is 3.40. The average molecular weight is 259 g/mol. The molecule has 1 aliphatic heterocycles. The predicted octanol–water partition coefficient (Wildman–Crippen LogP) is 2.92. The van der Waals surface area contributed by atoms with Crippen LogP contribution in [0.5, 0.6) is 0 Å². The van der Waals surface area contributed by atoms with Crippen LogP contribution in [-0.2, 0) is 0 Å². The van der Waals surface area contributed by atoms with E-state index in [0.717, 1.165) is 17.9 Å². The first-order valence-corrected chi connectivity index (χ1v) is 7.02. The molecule has 19 heavy (non-hydrogen) atoms. The van der Waals surface area contributed by atoms with E-state index in [2.05, 4.69) is 15.5 Å². The van der Waals surface area contributed by atoms with E-state index < -0.39 is 0 Å². The van der Waals surface area contributed by atoms with Crippen molar-refractivity contribution in [3.63, 3.8) is 0 Å². The van der Waals surface area contributed by atoms with Crippen molar-refractivity contribution in [1.29, 1.82) is 0 Å². The van der Waals surface area contributed by atoms with Gasteiger partial charge in [-0.1, -0.05) is 18.0 Å². The lowest BCUT2D eigenvalue weighted by Gasteiger charge is -2.24. The number of furan rings is 1. The number of fused-ring (bicyclic) bond motifs is 1. The quantitative estimate of drug-likeness (QED) is 0.898. The van der Waals surface area contributed by atoms with Crippen molar-refractivity contribution in [2.75, 3.05) is 0 Å². The third kappa shape index (κ3) is 1.98. The second-order valence-electron chi connectivity index (χ2n) is 5.57. The molecule has 3 unspecified atom stereocenters. The lowest BCUT2D eigenvalue weighted by Crippen LogP contribution is -2.30. The summed E-state index contributed by atoms with van der Waals surface area (Å²) in [4.78, 5) is 4.49. The molecule has 4 rings (SSSR count). The van der Waals surface area contributed by atoms with E-state index in [1.165, 1.54) is 25.7 Å². The van der Waals surface area contributed by atoms with Crippen LogP contribution in [0.15, 0.2) is 27.5 Å². The van der Waals surface area contributed by atoms with Crippen LogP contribution in [0, 0.1) is 5.92 Å². The van der Waals surface area contributed by atoms with Crippen LogP contribution in [0.4, 0.5) is 0 Å². The van der Waals surface area contributed by atoms with Crippen LogP contribution in [-0.4, -0.2) is 16.2 Å². The maximum Gasteiger partial charge on any atom is 0.244 e. The molecule has 3 atom stereocenters. The van der Waals surface area contributed by atoms with Gasteiger partial charge in [0, 0.05) is 6.04 Å². The van der Waals surface area contributed by atoms with E-state index in [9.17, 15) is 0 Å². The molecule has 3 heterocycles. The van der Waals surface area contributed by atoms with Crippen LogP contribution >= 0.6 is 0 Å². The lowest BCUT2D eigenvalue weighted by molar-refractivity contribution is 0.324. The molecular weight excluding hydrogens is 242 g/mol. The monoisotopic (exact) mass is 259 g/mol. The first kappa shape index (κ1) is 11.2. The van der Waals surface area contributed by atoms with Gasteiger partial charge < -0.3 is 14.3 Å². The maximum atomic E-state index is 5.41. The smallest absolute Gasteiger partial charge is 0.244 e. The highest BCUT2D eigenvalue weighted by Gasteiger charge is 2.38. The molecule has 0 radical (unpaired) electrons. The highest BCUT2D eigenvalue weighted by atomic mass is 16.5. The number of rotatable bonds is 2. The Labute approximate surface area is 111 Å².